The molecule has 0 atom stereocenters. The highest BCUT2D eigenvalue weighted by molar-refractivity contribution is 5.00. The maximum Gasteiger partial charge on any atom is 0.0859 e. The van der Waals surface area contributed by atoms with E-state index in [4.69, 9.17) is 0 Å². The van der Waals surface area contributed by atoms with Crippen LogP contribution < -0.4 is 0 Å². The molecular weight excluding hydrogens is 115 g/mol. The van der Waals surface area contributed by atoms with E-state index in [-0.39, 0.29) is 0 Å². The van der Waals surface area contributed by atoms with E-state index in [1.807, 2.05) is 0 Å². The Labute approximate surface area is 56.8 Å². The molecule has 0 amide bonds. The lowest BCUT2D eigenvalue weighted by Gasteiger charge is -1.95. The van der Waals surface area contributed by atoms with Crippen molar-refractivity contribution in [3.05, 3.63) is 18.8 Å². The lowest BCUT2D eigenvalue weighted by molar-refractivity contribution is 0.677. The van der Waals surface area contributed by atoms with Crippen LogP contribution in [-0.4, -0.2) is 0 Å². The Hall–Kier alpha value is -0.330. The van der Waals surface area contributed by atoms with E-state index in [0.29, 0.717) is 11.9 Å². The third-order valence-electron chi connectivity index (χ3n) is 1.26. The van der Waals surface area contributed by atoms with Gasteiger partial charge >= 0.3 is 0 Å². The molecule has 0 unspecified atom stereocenters. The molecule has 0 aromatic heterocycles. The van der Waals surface area contributed by atoms with Gasteiger partial charge in [0.1, 0.15) is 0 Å². The van der Waals surface area contributed by atoms with Crippen molar-refractivity contribution in [1.29, 1.82) is 0 Å². The van der Waals surface area contributed by atoms with Gasteiger partial charge in [-0.05, 0) is 25.3 Å². The quantitative estimate of drug-likeness (QED) is 0.511. The highest BCUT2D eigenvalue weighted by atomic mass is 19.1. The Morgan fingerprint density at radius 1 is 1.56 bits per heavy atom. The van der Waals surface area contributed by atoms with Crippen LogP contribution in [-0.2, 0) is 0 Å². The van der Waals surface area contributed by atoms with Crippen LogP contribution in [0.4, 0.5) is 4.39 Å². The van der Waals surface area contributed by atoms with Crippen LogP contribution in [0.1, 0.15) is 32.6 Å². The smallest absolute Gasteiger partial charge is 0.0859 e. The maximum absolute atomic E-state index is 11.6. The summed E-state index contributed by atoms with van der Waals surface area (Å²) in [6.07, 6.45) is 4.82. The summed E-state index contributed by atoms with van der Waals surface area (Å²) in [7, 11) is 0. The van der Waals surface area contributed by atoms with Crippen molar-refractivity contribution in [1.82, 2.24) is 0 Å². The highest BCUT2D eigenvalue weighted by Crippen LogP contribution is 2.06. The summed E-state index contributed by atoms with van der Waals surface area (Å²) in [6.45, 7) is 5.64. The first-order valence-corrected chi connectivity index (χ1v) is 3.42. The third kappa shape index (κ3) is 5.54. The van der Waals surface area contributed by atoms with E-state index in [0.717, 1.165) is 12.8 Å². The number of hydrogen-bond acceptors (Lipinski definition) is 0. The second kappa shape index (κ2) is 5.80. The molecule has 0 heterocycles. The van der Waals surface area contributed by atoms with E-state index in [1.54, 1.807) is 0 Å². The molecule has 0 bridgehead atoms. The minimum absolute atomic E-state index is 0.593. The Kier molecular flexibility index (Phi) is 5.59. The molecule has 0 aliphatic rings. The van der Waals surface area contributed by atoms with E-state index in [9.17, 15) is 4.39 Å². The van der Waals surface area contributed by atoms with Gasteiger partial charge < -0.3 is 0 Å². The molecule has 0 aliphatic carbocycles. The van der Waals surface area contributed by atoms with Gasteiger partial charge in [-0.3, -0.25) is 0 Å². The average Bonchev–Trinajstić information content (AvgIpc) is 1.89. The molecule has 0 saturated carbocycles. The molecule has 0 spiro atoms. The molecule has 0 rings (SSSR count). The van der Waals surface area contributed by atoms with E-state index in [1.165, 1.54) is 12.8 Å². The fraction of sp³-hybridized carbons (Fsp3) is 0.625. The minimum Gasteiger partial charge on any atom is -0.216 e. The topological polar surface area (TPSA) is 0 Å². The molecule has 0 aromatic rings. The molecule has 53 valence electrons. The Morgan fingerprint density at radius 2 is 2.22 bits per heavy atom. The van der Waals surface area contributed by atoms with Crippen LogP contribution in [0, 0.1) is 6.92 Å². The summed E-state index contributed by atoms with van der Waals surface area (Å²) in [6, 6.07) is 0. The molecule has 0 aromatic carbocycles. The van der Waals surface area contributed by atoms with Gasteiger partial charge in [-0.25, -0.2) is 4.39 Å². The zero-order valence-electron chi connectivity index (χ0n) is 5.99. The van der Waals surface area contributed by atoms with Crippen LogP contribution in [0.5, 0.6) is 0 Å². The molecule has 1 radical (unpaired) electrons. The fourth-order valence-corrected chi connectivity index (χ4v) is 0.657. The van der Waals surface area contributed by atoms with Gasteiger partial charge in [-0.2, -0.15) is 0 Å². The van der Waals surface area contributed by atoms with Crippen molar-refractivity contribution < 1.29 is 4.39 Å². The first kappa shape index (κ1) is 8.67. The second-order valence-electron chi connectivity index (χ2n) is 2.22. The molecule has 0 N–H and O–H groups in total. The average molecular weight is 129 g/mol. The number of rotatable bonds is 4. The van der Waals surface area contributed by atoms with Crippen LogP contribution >= 0.6 is 0 Å². The molecule has 0 fully saturated rings. The number of unbranched alkanes of at least 4 members (excludes halogenated alkanes) is 2. The Bertz CT molecular complexity index is 84.6. The Balaban J connectivity index is 3.07. The summed E-state index contributed by atoms with van der Waals surface area (Å²) in [5.41, 5.74) is 0.614. The first-order valence-electron chi connectivity index (χ1n) is 3.42. The fourth-order valence-electron chi connectivity index (χ4n) is 0.657. The van der Waals surface area contributed by atoms with Crippen molar-refractivity contribution in [2.75, 3.05) is 0 Å². The largest absolute Gasteiger partial charge is 0.216 e. The maximum atomic E-state index is 11.6. The highest BCUT2D eigenvalue weighted by Gasteiger charge is 1.88. The predicted octanol–water partition coefficient (Wildman–Crippen LogP) is 3.25. The molecule has 0 saturated heterocycles. The molecule has 0 aliphatic heterocycles. The van der Waals surface area contributed by atoms with E-state index < -0.39 is 0 Å². The molecule has 1 heteroatoms. The third-order valence-corrected chi connectivity index (χ3v) is 1.26. The van der Waals surface area contributed by atoms with Gasteiger partial charge in [0.25, 0.3) is 0 Å². The zero-order chi connectivity index (χ0) is 7.11. The lowest BCUT2D eigenvalue weighted by Crippen LogP contribution is -1.76. The lowest BCUT2D eigenvalue weighted by atomic mass is 10.1. The number of halogens is 1. The van der Waals surface area contributed by atoms with Crippen molar-refractivity contribution in [2.45, 2.75) is 32.6 Å². The second-order valence-corrected chi connectivity index (χ2v) is 2.22. The van der Waals surface area contributed by atoms with Gasteiger partial charge in [0, 0.05) is 0 Å². The molecular formula is C8H14F. The summed E-state index contributed by atoms with van der Waals surface area (Å²) < 4.78 is 11.6. The van der Waals surface area contributed by atoms with Crippen LogP contribution in [0.2, 0.25) is 0 Å². The van der Waals surface area contributed by atoms with Crippen molar-refractivity contribution in [3.8, 4) is 0 Å². The molecule has 9 heavy (non-hydrogen) atoms. The SMILES string of the molecule is [CH2]C(=CF)CCCCC. The molecule has 0 nitrogen and oxygen atoms in total. The summed E-state index contributed by atoms with van der Waals surface area (Å²) >= 11 is 0. The van der Waals surface area contributed by atoms with Gasteiger partial charge in [0.05, 0.1) is 6.33 Å². The van der Waals surface area contributed by atoms with Crippen LogP contribution in [0.15, 0.2) is 11.9 Å². The minimum atomic E-state index is 0.593. The predicted molar refractivity (Wildman–Crippen MR) is 38.7 cm³/mol. The van der Waals surface area contributed by atoms with Gasteiger partial charge in [0.15, 0.2) is 0 Å². The van der Waals surface area contributed by atoms with Crippen molar-refractivity contribution >= 4 is 0 Å². The van der Waals surface area contributed by atoms with Gasteiger partial charge in [-0.15, -0.1) is 0 Å². The summed E-state index contributed by atoms with van der Waals surface area (Å²) in [4.78, 5) is 0. The van der Waals surface area contributed by atoms with Crippen LogP contribution in [0.3, 0.4) is 0 Å². The first-order chi connectivity index (χ1) is 4.31. The normalized spacial score (nSPS) is 12.1. The Morgan fingerprint density at radius 3 is 2.67 bits per heavy atom. The van der Waals surface area contributed by atoms with Crippen LogP contribution in [0.25, 0.3) is 0 Å². The number of hydrogen-bond donors (Lipinski definition) is 0. The van der Waals surface area contributed by atoms with E-state index >= 15 is 0 Å². The summed E-state index contributed by atoms with van der Waals surface area (Å²) in [5.74, 6) is 0. The monoisotopic (exact) mass is 129 g/mol. The van der Waals surface area contributed by atoms with E-state index in [2.05, 4.69) is 13.8 Å². The van der Waals surface area contributed by atoms with Crippen molar-refractivity contribution in [3.63, 3.8) is 0 Å². The van der Waals surface area contributed by atoms with Crippen molar-refractivity contribution in [2.24, 2.45) is 0 Å². The number of allylic oxidation sites excluding steroid dienone is 1. The summed E-state index contributed by atoms with van der Waals surface area (Å²) in [5, 5.41) is 0. The zero-order valence-corrected chi connectivity index (χ0v) is 5.99. The van der Waals surface area contributed by atoms with Gasteiger partial charge in [-0.1, -0.05) is 19.8 Å². The standard InChI is InChI=1S/C8H14F/c1-3-4-5-6-8(2)7-9/h7H,2-6H2,1H3. The van der Waals surface area contributed by atoms with Gasteiger partial charge in [0.2, 0.25) is 0 Å².